The molecule has 1 heterocycles. The second-order valence-corrected chi connectivity index (χ2v) is 10.5. The predicted octanol–water partition coefficient (Wildman–Crippen LogP) is -0.155. The average Bonchev–Trinajstić information content (AvgIpc) is 3.41. The number of aromatic nitrogens is 1. The molecule has 4 aliphatic carbocycles. The number of phenols is 1. The van der Waals surface area contributed by atoms with Gasteiger partial charge in [0, 0.05) is 17.3 Å². The van der Waals surface area contributed by atoms with E-state index in [9.17, 15) is 44.4 Å². The molecule has 0 saturated heterocycles. The summed E-state index contributed by atoms with van der Waals surface area (Å²) in [7, 11) is 0. The number of rotatable bonds is 4. The molecule has 4 aliphatic rings. The molecule has 0 bridgehead atoms. The van der Waals surface area contributed by atoms with Crippen molar-refractivity contribution >= 4 is 34.1 Å². The van der Waals surface area contributed by atoms with Crippen LogP contribution in [0.4, 0.5) is 5.69 Å². The van der Waals surface area contributed by atoms with E-state index in [-0.39, 0.29) is 23.8 Å². The van der Waals surface area contributed by atoms with Gasteiger partial charge in [0.05, 0.1) is 31.9 Å². The summed E-state index contributed by atoms with van der Waals surface area (Å²) in [5.41, 5.74) is -6.43. The van der Waals surface area contributed by atoms with E-state index in [2.05, 4.69) is 10.3 Å². The zero-order chi connectivity index (χ0) is 30.2. The van der Waals surface area contributed by atoms with Crippen LogP contribution in [-0.4, -0.2) is 31.6 Å². The van der Waals surface area contributed by atoms with Crippen LogP contribution in [-0.2, 0) is 11.8 Å². The molecule has 0 aliphatic heterocycles. The number of aromatic amines is 1. The molecule has 6 N–H and O–H groups in total. The Morgan fingerprint density at radius 2 is 1.57 bits per heavy atom. The number of aliphatic hydroxyl groups excluding tert-OH is 3. The van der Waals surface area contributed by atoms with Crippen molar-refractivity contribution in [3.8, 4) is 5.75 Å². The van der Waals surface area contributed by atoms with Crippen LogP contribution < -0.4 is 43.0 Å². The highest BCUT2D eigenvalue weighted by Crippen LogP contribution is 2.54. The summed E-state index contributed by atoms with van der Waals surface area (Å²) in [6.45, 7) is 3.12. The molecule has 0 saturated carbocycles. The third-order valence-electron chi connectivity index (χ3n) is 8.03. The minimum absolute atomic E-state index is 0.0482. The van der Waals surface area contributed by atoms with Crippen LogP contribution in [0.1, 0.15) is 37.1 Å². The van der Waals surface area contributed by atoms with Crippen molar-refractivity contribution in [1.82, 2.24) is 4.98 Å². The van der Waals surface area contributed by atoms with Gasteiger partial charge >= 0.3 is 0 Å². The molecular formula is C31H24N2O9. The normalized spacial score (nSPS) is 18.6. The van der Waals surface area contributed by atoms with Crippen LogP contribution >= 0.6 is 0 Å². The molecule has 42 heavy (non-hydrogen) atoms. The molecule has 1 aromatic carbocycles. The van der Waals surface area contributed by atoms with E-state index in [0.717, 1.165) is 6.07 Å². The highest BCUT2D eigenvalue weighted by Gasteiger charge is 2.53. The van der Waals surface area contributed by atoms with Crippen LogP contribution in [0.25, 0.3) is 28.4 Å². The Labute approximate surface area is 234 Å². The summed E-state index contributed by atoms with van der Waals surface area (Å²) < 4.78 is 0. The fourth-order valence-electron chi connectivity index (χ4n) is 6.33. The number of pyridine rings is 1. The standard InChI is InChI=1S/C31H24N2O9/c1-3-4-5-6-15-10-14-9-13-7-8-31(23(13)27(39)18(14)30(42)33-15)28(40)21-22(29(31)41)26(38)20-19(25(21)37)17(35)11-16(24(20)36)32-12(2)34/h3-6,9-12,32,34,39-41H,7-8H2,1-2H3,(H,33,42)/b4-3+,6-5+/t12?,31-/m0/s1. The number of phenolic OH excluding ortho intramolecular Hbond substituents is 1. The molecule has 11 nitrogen and oxygen atoms in total. The topological polar surface area (TPSA) is 194 Å². The Morgan fingerprint density at radius 1 is 0.905 bits per heavy atom. The van der Waals surface area contributed by atoms with Gasteiger partial charge in [0.15, 0.2) is 5.43 Å². The molecule has 0 fully saturated rings. The zero-order valence-electron chi connectivity index (χ0n) is 22.4. The van der Waals surface area contributed by atoms with Crippen molar-refractivity contribution in [3.05, 3.63) is 125 Å². The molecule has 212 valence electrons. The SMILES string of the molecule is C/C=C/C=C/c1cc2cc3c(c(O)c2c(=O)[nH]1)[C@@]1(CC3)C(O)=c2c(=O)c3c(=O)cc(NC(C)O)c(=O)c=3c(=O)c2=C1O. The maximum atomic E-state index is 13.7. The van der Waals surface area contributed by atoms with Gasteiger partial charge in [0.2, 0.25) is 16.3 Å². The number of aromatic hydroxyl groups is 1. The summed E-state index contributed by atoms with van der Waals surface area (Å²) in [6.07, 6.45) is 5.82. The minimum Gasteiger partial charge on any atom is -0.510 e. The molecular weight excluding hydrogens is 544 g/mol. The predicted molar refractivity (Wildman–Crippen MR) is 156 cm³/mol. The lowest BCUT2D eigenvalue weighted by atomic mass is 9.78. The number of fused-ring (bicyclic) bond motifs is 4. The Morgan fingerprint density at radius 3 is 2.21 bits per heavy atom. The van der Waals surface area contributed by atoms with Crippen LogP contribution in [0, 0.1) is 10.4 Å². The number of nitrogens with one attached hydrogen (secondary N) is 2. The number of benzene rings is 1. The highest BCUT2D eigenvalue weighted by atomic mass is 16.3. The molecule has 6 rings (SSSR count). The molecule has 2 aromatic rings. The monoisotopic (exact) mass is 568 g/mol. The van der Waals surface area contributed by atoms with E-state index in [4.69, 9.17) is 0 Å². The zero-order valence-corrected chi connectivity index (χ0v) is 22.4. The maximum absolute atomic E-state index is 13.7. The summed E-state index contributed by atoms with van der Waals surface area (Å²) in [5, 5.41) is 44.0. The van der Waals surface area contributed by atoms with E-state index in [1.54, 1.807) is 30.4 Å². The van der Waals surface area contributed by atoms with Gasteiger partial charge < -0.3 is 30.7 Å². The summed E-state index contributed by atoms with van der Waals surface area (Å²) in [6, 6.07) is 4.07. The van der Waals surface area contributed by atoms with Crippen LogP contribution in [0.5, 0.6) is 5.75 Å². The van der Waals surface area contributed by atoms with Gasteiger partial charge in [0.25, 0.3) is 5.56 Å². The van der Waals surface area contributed by atoms with Crippen molar-refractivity contribution in [2.45, 2.75) is 38.3 Å². The van der Waals surface area contributed by atoms with E-state index in [0.29, 0.717) is 16.6 Å². The van der Waals surface area contributed by atoms with Crippen molar-refractivity contribution in [2.24, 2.45) is 0 Å². The highest BCUT2D eigenvalue weighted by molar-refractivity contribution is 5.94. The molecule has 2 atom stereocenters. The van der Waals surface area contributed by atoms with Crippen molar-refractivity contribution in [2.75, 3.05) is 5.32 Å². The lowest BCUT2D eigenvalue weighted by Crippen LogP contribution is -2.52. The van der Waals surface area contributed by atoms with E-state index < -0.39 is 82.7 Å². The van der Waals surface area contributed by atoms with Gasteiger partial charge in [-0.3, -0.25) is 24.0 Å². The van der Waals surface area contributed by atoms with Gasteiger partial charge in [-0.1, -0.05) is 24.3 Å². The Bertz CT molecular complexity index is 2410. The van der Waals surface area contributed by atoms with E-state index in [1.165, 1.54) is 6.92 Å². The Balaban J connectivity index is 1.72. The fourth-order valence-corrected chi connectivity index (χ4v) is 6.33. The molecule has 0 amide bonds. The molecule has 1 aromatic heterocycles. The van der Waals surface area contributed by atoms with Crippen LogP contribution in [0.3, 0.4) is 0 Å². The smallest absolute Gasteiger partial charge is 0.260 e. The van der Waals surface area contributed by atoms with Crippen molar-refractivity contribution in [1.29, 1.82) is 0 Å². The number of hydrogen-bond acceptors (Lipinski definition) is 10. The summed E-state index contributed by atoms with van der Waals surface area (Å²) >= 11 is 0. The largest absolute Gasteiger partial charge is 0.510 e. The first-order valence-corrected chi connectivity index (χ1v) is 13.1. The van der Waals surface area contributed by atoms with E-state index >= 15 is 0 Å². The maximum Gasteiger partial charge on any atom is 0.260 e. The quantitative estimate of drug-likeness (QED) is 0.142. The molecule has 0 radical (unpaired) electrons. The van der Waals surface area contributed by atoms with Crippen molar-refractivity contribution < 1.29 is 20.4 Å². The first-order valence-electron chi connectivity index (χ1n) is 13.1. The van der Waals surface area contributed by atoms with Crippen LogP contribution in [0.15, 0.2) is 60.4 Å². The number of aliphatic hydroxyl groups is 3. The molecule has 11 heteroatoms. The third kappa shape index (κ3) is 3.40. The average molecular weight is 569 g/mol. The van der Waals surface area contributed by atoms with Gasteiger partial charge in [-0.25, -0.2) is 0 Å². The number of anilines is 1. The van der Waals surface area contributed by atoms with Gasteiger partial charge in [-0.15, -0.1) is 0 Å². The second-order valence-electron chi connectivity index (χ2n) is 10.5. The summed E-state index contributed by atoms with van der Waals surface area (Å²) in [5.74, 6) is -2.07. The second kappa shape index (κ2) is 9.11. The van der Waals surface area contributed by atoms with Gasteiger partial charge in [-0.2, -0.15) is 0 Å². The van der Waals surface area contributed by atoms with Crippen molar-refractivity contribution in [3.63, 3.8) is 0 Å². The third-order valence-corrected chi connectivity index (χ3v) is 8.03. The number of H-pyrrole nitrogens is 1. The van der Waals surface area contributed by atoms with E-state index in [1.807, 2.05) is 13.0 Å². The Hall–Kier alpha value is -5.29. The first-order chi connectivity index (χ1) is 19.9. The fraction of sp³-hybridized carbons (Fsp3) is 0.194. The minimum atomic E-state index is -1.96. The lowest BCUT2D eigenvalue weighted by Gasteiger charge is -2.27. The number of allylic oxidation sites excluding steroid dienone is 3. The first kappa shape index (κ1) is 26.9. The molecule has 1 spiro atoms. The lowest BCUT2D eigenvalue weighted by molar-refractivity contribution is 0.224. The van der Waals surface area contributed by atoms with Crippen LogP contribution in [0.2, 0.25) is 0 Å². The van der Waals surface area contributed by atoms with Gasteiger partial charge in [-0.05, 0) is 49.8 Å². The Kier molecular flexibility index (Phi) is 5.84. The number of aryl methyl sites for hydroxylation is 1. The summed E-state index contributed by atoms with van der Waals surface area (Å²) in [4.78, 5) is 69.1. The number of hydrogen-bond donors (Lipinski definition) is 6. The molecule has 1 unspecified atom stereocenters. The van der Waals surface area contributed by atoms with Gasteiger partial charge in [0.1, 0.15) is 28.9 Å².